The second kappa shape index (κ2) is 6.55. The Morgan fingerprint density at radius 1 is 1.41 bits per heavy atom. The highest BCUT2D eigenvalue weighted by Crippen LogP contribution is 2.30. The monoisotopic (exact) mass is 238 g/mol. The number of hydrogen-bond donors (Lipinski definition) is 1. The lowest BCUT2D eigenvalue weighted by Gasteiger charge is -2.33. The predicted molar refractivity (Wildman–Crippen MR) is 76.0 cm³/mol. The lowest BCUT2D eigenvalue weighted by molar-refractivity contribution is 0.232. The van der Waals surface area contributed by atoms with E-state index < -0.39 is 0 Å². The average molecular weight is 238 g/mol. The molecule has 1 atom stereocenters. The third-order valence-electron chi connectivity index (χ3n) is 3.80. The van der Waals surface area contributed by atoms with Gasteiger partial charge < -0.3 is 5.73 Å². The second-order valence-corrected chi connectivity index (χ2v) is 6.38. The summed E-state index contributed by atoms with van der Waals surface area (Å²) in [5, 5.41) is 0. The van der Waals surface area contributed by atoms with Crippen molar-refractivity contribution < 1.29 is 0 Å². The maximum Gasteiger partial charge on any atom is 0.0166 e. The van der Waals surface area contributed by atoms with Gasteiger partial charge in [0.25, 0.3) is 0 Å². The SMILES string of the molecule is CCCC(CN)CN1CC=C(C(C)(C)C)CC1. The Morgan fingerprint density at radius 3 is 2.53 bits per heavy atom. The van der Waals surface area contributed by atoms with Gasteiger partial charge in [0.1, 0.15) is 0 Å². The van der Waals surface area contributed by atoms with E-state index in [2.05, 4.69) is 38.7 Å². The molecule has 0 aliphatic carbocycles. The maximum atomic E-state index is 5.83. The number of nitrogens with two attached hydrogens (primary N) is 1. The van der Waals surface area contributed by atoms with Gasteiger partial charge in [-0.1, -0.05) is 45.8 Å². The molecule has 1 aliphatic rings. The van der Waals surface area contributed by atoms with Crippen LogP contribution in [-0.4, -0.2) is 31.1 Å². The summed E-state index contributed by atoms with van der Waals surface area (Å²) < 4.78 is 0. The van der Waals surface area contributed by atoms with E-state index in [-0.39, 0.29) is 0 Å². The fourth-order valence-electron chi connectivity index (χ4n) is 2.62. The van der Waals surface area contributed by atoms with Crippen LogP contribution in [0.3, 0.4) is 0 Å². The molecular formula is C15H30N2. The molecule has 0 bridgehead atoms. The molecule has 0 aromatic carbocycles. The first-order chi connectivity index (χ1) is 7.97. The van der Waals surface area contributed by atoms with Crippen molar-refractivity contribution >= 4 is 0 Å². The molecule has 0 spiro atoms. The Bertz CT molecular complexity index is 250. The molecule has 0 aromatic heterocycles. The number of rotatable bonds is 5. The van der Waals surface area contributed by atoms with Gasteiger partial charge in [0.05, 0.1) is 0 Å². The molecule has 100 valence electrons. The summed E-state index contributed by atoms with van der Waals surface area (Å²) in [5.74, 6) is 0.685. The summed E-state index contributed by atoms with van der Waals surface area (Å²) in [6, 6.07) is 0. The van der Waals surface area contributed by atoms with Crippen molar-refractivity contribution in [1.82, 2.24) is 4.90 Å². The molecule has 0 radical (unpaired) electrons. The van der Waals surface area contributed by atoms with E-state index >= 15 is 0 Å². The van der Waals surface area contributed by atoms with Crippen molar-refractivity contribution in [1.29, 1.82) is 0 Å². The van der Waals surface area contributed by atoms with Crippen molar-refractivity contribution in [3.05, 3.63) is 11.6 Å². The Morgan fingerprint density at radius 2 is 2.12 bits per heavy atom. The normalized spacial score (nSPS) is 20.2. The predicted octanol–water partition coefficient (Wildman–Crippen LogP) is 3.04. The lowest BCUT2D eigenvalue weighted by Crippen LogP contribution is -2.37. The van der Waals surface area contributed by atoms with Gasteiger partial charge in [-0.25, -0.2) is 0 Å². The van der Waals surface area contributed by atoms with E-state index in [1.165, 1.54) is 32.4 Å². The van der Waals surface area contributed by atoms with Crippen LogP contribution in [0.5, 0.6) is 0 Å². The first kappa shape index (κ1) is 14.7. The Balaban J connectivity index is 2.43. The zero-order valence-electron chi connectivity index (χ0n) is 12.1. The second-order valence-electron chi connectivity index (χ2n) is 6.38. The summed E-state index contributed by atoms with van der Waals surface area (Å²) in [7, 11) is 0. The minimum absolute atomic E-state index is 0.350. The van der Waals surface area contributed by atoms with Crippen molar-refractivity contribution in [3.63, 3.8) is 0 Å². The number of nitrogens with zero attached hydrogens (tertiary/aromatic N) is 1. The van der Waals surface area contributed by atoms with Crippen molar-refractivity contribution in [2.75, 3.05) is 26.2 Å². The molecule has 0 fully saturated rings. The minimum atomic E-state index is 0.350. The highest BCUT2D eigenvalue weighted by atomic mass is 15.1. The van der Waals surface area contributed by atoms with Crippen LogP contribution < -0.4 is 5.73 Å². The zero-order valence-corrected chi connectivity index (χ0v) is 12.1. The molecule has 2 heteroatoms. The van der Waals surface area contributed by atoms with E-state index in [0.29, 0.717) is 11.3 Å². The molecule has 0 saturated carbocycles. The standard InChI is InChI=1S/C15H30N2/c1-5-6-13(11-16)12-17-9-7-14(8-10-17)15(2,3)4/h7,13H,5-6,8-12,16H2,1-4H3. The molecule has 2 nitrogen and oxygen atoms in total. The van der Waals surface area contributed by atoms with Crippen LogP contribution >= 0.6 is 0 Å². The summed E-state index contributed by atoms with van der Waals surface area (Å²) >= 11 is 0. The van der Waals surface area contributed by atoms with Gasteiger partial charge in [0, 0.05) is 19.6 Å². The average Bonchev–Trinajstić information content (AvgIpc) is 2.28. The highest BCUT2D eigenvalue weighted by Gasteiger charge is 2.22. The van der Waals surface area contributed by atoms with Crippen LogP contribution in [0.2, 0.25) is 0 Å². The van der Waals surface area contributed by atoms with Crippen molar-refractivity contribution in [2.24, 2.45) is 17.1 Å². The van der Waals surface area contributed by atoms with Gasteiger partial charge in [-0.2, -0.15) is 0 Å². The summed E-state index contributed by atoms with van der Waals surface area (Å²) in [4.78, 5) is 2.56. The molecule has 17 heavy (non-hydrogen) atoms. The Kier molecular flexibility index (Phi) is 5.68. The third kappa shape index (κ3) is 4.81. The van der Waals surface area contributed by atoms with Gasteiger partial charge >= 0.3 is 0 Å². The number of hydrogen-bond acceptors (Lipinski definition) is 2. The molecule has 1 aliphatic heterocycles. The van der Waals surface area contributed by atoms with Crippen LogP contribution in [0.4, 0.5) is 0 Å². The van der Waals surface area contributed by atoms with Gasteiger partial charge in [-0.05, 0) is 30.7 Å². The van der Waals surface area contributed by atoms with E-state index in [0.717, 1.165) is 13.1 Å². The minimum Gasteiger partial charge on any atom is -0.330 e. The van der Waals surface area contributed by atoms with E-state index in [1.54, 1.807) is 5.57 Å². The third-order valence-corrected chi connectivity index (χ3v) is 3.80. The molecule has 1 heterocycles. The Hall–Kier alpha value is -0.340. The van der Waals surface area contributed by atoms with Crippen LogP contribution in [0.1, 0.15) is 47.0 Å². The van der Waals surface area contributed by atoms with E-state index in [1.807, 2.05) is 0 Å². The van der Waals surface area contributed by atoms with Gasteiger partial charge in [-0.3, -0.25) is 4.90 Å². The van der Waals surface area contributed by atoms with E-state index in [4.69, 9.17) is 5.73 Å². The van der Waals surface area contributed by atoms with Crippen molar-refractivity contribution in [2.45, 2.75) is 47.0 Å². The zero-order chi connectivity index (χ0) is 12.9. The fourth-order valence-corrected chi connectivity index (χ4v) is 2.62. The van der Waals surface area contributed by atoms with Crippen LogP contribution in [0, 0.1) is 11.3 Å². The maximum absolute atomic E-state index is 5.83. The first-order valence-electron chi connectivity index (χ1n) is 7.09. The van der Waals surface area contributed by atoms with Crippen LogP contribution in [0.15, 0.2) is 11.6 Å². The fraction of sp³-hybridized carbons (Fsp3) is 0.867. The Labute approximate surface area is 107 Å². The molecule has 1 rings (SSSR count). The van der Waals surface area contributed by atoms with Gasteiger partial charge in [-0.15, -0.1) is 0 Å². The highest BCUT2D eigenvalue weighted by molar-refractivity contribution is 5.14. The van der Waals surface area contributed by atoms with Crippen molar-refractivity contribution in [3.8, 4) is 0 Å². The van der Waals surface area contributed by atoms with Gasteiger partial charge in [0.2, 0.25) is 0 Å². The van der Waals surface area contributed by atoms with Crippen LogP contribution in [0.25, 0.3) is 0 Å². The summed E-state index contributed by atoms with van der Waals surface area (Å²) in [6.45, 7) is 13.5. The topological polar surface area (TPSA) is 29.3 Å². The molecule has 0 aromatic rings. The summed E-state index contributed by atoms with van der Waals surface area (Å²) in [5.41, 5.74) is 7.80. The quantitative estimate of drug-likeness (QED) is 0.746. The molecule has 2 N–H and O–H groups in total. The largest absolute Gasteiger partial charge is 0.330 e. The van der Waals surface area contributed by atoms with Gasteiger partial charge in [0.15, 0.2) is 0 Å². The lowest BCUT2D eigenvalue weighted by atomic mass is 9.83. The molecular weight excluding hydrogens is 208 g/mol. The summed E-state index contributed by atoms with van der Waals surface area (Å²) in [6.07, 6.45) is 6.18. The smallest absolute Gasteiger partial charge is 0.0166 e. The molecule has 0 saturated heterocycles. The van der Waals surface area contributed by atoms with Crippen LogP contribution in [-0.2, 0) is 0 Å². The first-order valence-corrected chi connectivity index (χ1v) is 7.09. The molecule has 0 amide bonds. The van der Waals surface area contributed by atoms with E-state index in [9.17, 15) is 0 Å². The molecule has 1 unspecified atom stereocenters.